The molecule has 5 heteroatoms. The van der Waals surface area contributed by atoms with E-state index >= 15 is 0 Å². The van der Waals surface area contributed by atoms with E-state index in [-0.39, 0.29) is 6.03 Å². The van der Waals surface area contributed by atoms with Crippen LogP contribution in [0.1, 0.15) is 6.42 Å². The summed E-state index contributed by atoms with van der Waals surface area (Å²) in [5, 5.41) is 5.49. The third-order valence-electron chi connectivity index (χ3n) is 1.99. The summed E-state index contributed by atoms with van der Waals surface area (Å²) in [7, 11) is 4.02. The molecule has 88 valence electrons. The van der Waals surface area contributed by atoms with E-state index in [9.17, 15) is 4.79 Å². The average molecular weight is 222 g/mol. The summed E-state index contributed by atoms with van der Waals surface area (Å²) in [5.41, 5.74) is 0.701. The molecule has 16 heavy (non-hydrogen) atoms. The van der Waals surface area contributed by atoms with Gasteiger partial charge in [-0.05, 0) is 39.2 Å². The van der Waals surface area contributed by atoms with Crippen molar-refractivity contribution >= 4 is 11.7 Å². The summed E-state index contributed by atoms with van der Waals surface area (Å²) < 4.78 is 0. The third-order valence-corrected chi connectivity index (χ3v) is 1.99. The zero-order chi connectivity index (χ0) is 11.8. The number of urea groups is 1. The highest BCUT2D eigenvalue weighted by Crippen LogP contribution is 2.01. The van der Waals surface area contributed by atoms with Crippen molar-refractivity contribution in [3.8, 4) is 0 Å². The van der Waals surface area contributed by atoms with Gasteiger partial charge in [-0.1, -0.05) is 0 Å². The standard InChI is InChI=1S/C11H18N4O/c1-15(2)8-4-7-13-11(16)14-10-5-3-6-12-9-10/h3,5-6,9H,4,7-8H2,1-2H3,(H2,13,14,16). The Morgan fingerprint density at radius 3 is 2.94 bits per heavy atom. The van der Waals surface area contributed by atoms with E-state index in [1.165, 1.54) is 0 Å². The van der Waals surface area contributed by atoms with Gasteiger partial charge in [-0.2, -0.15) is 0 Å². The minimum Gasteiger partial charge on any atom is -0.338 e. The Bertz CT molecular complexity index is 313. The molecule has 0 saturated carbocycles. The van der Waals surface area contributed by atoms with Crippen molar-refractivity contribution < 1.29 is 4.79 Å². The normalized spacial score (nSPS) is 10.2. The summed E-state index contributed by atoms with van der Waals surface area (Å²) in [5.74, 6) is 0. The highest BCUT2D eigenvalue weighted by Gasteiger charge is 2.00. The van der Waals surface area contributed by atoms with E-state index in [0.717, 1.165) is 13.0 Å². The van der Waals surface area contributed by atoms with Crippen molar-refractivity contribution in [1.29, 1.82) is 0 Å². The smallest absolute Gasteiger partial charge is 0.319 e. The van der Waals surface area contributed by atoms with Gasteiger partial charge < -0.3 is 15.5 Å². The molecule has 2 amide bonds. The molecule has 0 saturated heterocycles. The van der Waals surface area contributed by atoms with Gasteiger partial charge in [0, 0.05) is 12.7 Å². The van der Waals surface area contributed by atoms with E-state index in [1.54, 1.807) is 24.5 Å². The fourth-order valence-corrected chi connectivity index (χ4v) is 1.21. The van der Waals surface area contributed by atoms with Crippen molar-refractivity contribution in [3.63, 3.8) is 0 Å². The zero-order valence-electron chi connectivity index (χ0n) is 9.73. The van der Waals surface area contributed by atoms with Gasteiger partial charge in [-0.3, -0.25) is 4.98 Å². The molecular weight excluding hydrogens is 204 g/mol. The van der Waals surface area contributed by atoms with Crippen LogP contribution in [0.2, 0.25) is 0 Å². The van der Waals surface area contributed by atoms with E-state index < -0.39 is 0 Å². The lowest BCUT2D eigenvalue weighted by Crippen LogP contribution is -2.31. The number of pyridine rings is 1. The van der Waals surface area contributed by atoms with Crippen molar-refractivity contribution in [3.05, 3.63) is 24.5 Å². The van der Waals surface area contributed by atoms with Crippen molar-refractivity contribution in [2.45, 2.75) is 6.42 Å². The summed E-state index contributed by atoms with van der Waals surface area (Å²) in [6.07, 6.45) is 4.22. The molecule has 1 heterocycles. The summed E-state index contributed by atoms with van der Waals surface area (Å²) in [6.45, 7) is 1.64. The van der Waals surface area contributed by atoms with Gasteiger partial charge in [0.15, 0.2) is 0 Å². The molecule has 2 N–H and O–H groups in total. The molecule has 0 aromatic carbocycles. The van der Waals surface area contributed by atoms with Crippen molar-refractivity contribution in [1.82, 2.24) is 15.2 Å². The van der Waals surface area contributed by atoms with Crippen LogP contribution in [0.4, 0.5) is 10.5 Å². The molecule has 0 aliphatic carbocycles. The monoisotopic (exact) mass is 222 g/mol. The molecule has 1 aromatic rings. The molecule has 0 aliphatic heterocycles. The van der Waals surface area contributed by atoms with Crippen LogP contribution in [0.3, 0.4) is 0 Å². The highest BCUT2D eigenvalue weighted by atomic mass is 16.2. The molecule has 1 rings (SSSR count). The fourth-order valence-electron chi connectivity index (χ4n) is 1.21. The number of aromatic nitrogens is 1. The molecule has 0 aliphatic rings. The topological polar surface area (TPSA) is 57.3 Å². The van der Waals surface area contributed by atoms with Crippen LogP contribution in [0.25, 0.3) is 0 Å². The lowest BCUT2D eigenvalue weighted by Gasteiger charge is -2.10. The Morgan fingerprint density at radius 2 is 2.31 bits per heavy atom. The maximum absolute atomic E-state index is 11.4. The largest absolute Gasteiger partial charge is 0.338 e. The second-order valence-corrected chi connectivity index (χ2v) is 3.78. The summed E-state index contributed by atoms with van der Waals surface area (Å²) in [4.78, 5) is 17.4. The Kier molecular flexibility index (Phi) is 5.28. The Hall–Kier alpha value is -1.62. The minimum absolute atomic E-state index is 0.188. The number of nitrogens with zero attached hydrogens (tertiary/aromatic N) is 2. The second-order valence-electron chi connectivity index (χ2n) is 3.78. The van der Waals surface area contributed by atoms with E-state index in [1.807, 2.05) is 14.1 Å². The number of carbonyl (C=O) groups excluding carboxylic acids is 1. The number of rotatable bonds is 5. The molecule has 0 fully saturated rings. The first-order valence-electron chi connectivity index (χ1n) is 5.28. The quantitative estimate of drug-likeness (QED) is 0.735. The van der Waals surface area contributed by atoms with Gasteiger partial charge in [0.1, 0.15) is 0 Å². The van der Waals surface area contributed by atoms with Crippen LogP contribution in [0, 0.1) is 0 Å². The number of hydrogen-bond acceptors (Lipinski definition) is 3. The molecule has 0 bridgehead atoms. The van der Waals surface area contributed by atoms with Gasteiger partial charge in [-0.25, -0.2) is 4.79 Å². The number of carbonyl (C=O) groups is 1. The van der Waals surface area contributed by atoms with Gasteiger partial charge in [0.05, 0.1) is 11.9 Å². The van der Waals surface area contributed by atoms with Gasteiger partial charge in [0.2, 0.25) is 0 Å². The molecule has 1 aromatic heterocycles. The molecular formula is C11H18N4O. The van der Waals surface area contributed by atoms with Crippen LogP contribution >= 0.6 is 0 Å². The van der Waals surface area contributed by atoms with E-state index in [2.05, 4.69) is 20.5 Å². The van der Waals surface area contributed by atoms with Gasteiger partial charge in [0.25, 0.3) is 0 Å². The predicted octanol–water partition coefficient (Wildman–Crippen LogP) is 1.15. The average Bonchev–Trinajstić information content (AvgIpc) is 2.25. The number of anilines is 1. The van der Waals surface area contributed by atoms with E-state index in [4.69, 9.17) is 0 Å². The van der Waals surface area contributed by atoms with Crippen molar-refractivity contribution in [2.24, 2.45) is 0 Å². The Balaban J connectivity index is 2.17. The Labute approximate surface area is 95.9 Å². The van der Waals surface area contributed by atoms with Crippen LogP contribution in [0.5, 0.6) is 0 Å². The number of nitrogens with one attached hydrogen (secondary N) is 2. The molecule has 0 unspecified atom stereocenters. The minimum atomic E-state index is -0.188. The molecule has 0 radical (unpaired) electrons. The van der Waals surface area contributed by atoms with Crippen LogP contribution in [-0.4, -0.2) is 43.1 Å². The lowest BCUT2D eigenvalue weighted by molar-refractivity contribution is 0.251. The first-order chi connectivity index (χ1) is 7.68. The van der Waals surface area contributed by atoms with Crippen LogP contribution < -0.4 is 10.6 Å². The summed E-state index contributed by atoms with van der Waals surface area (Å²) >= 11 is 0. The fraction of sp³-hybridized carbons (Fsp3) is 0.455. The van der Waals surface area contributed by atoms with Crippen molar-refractivity contribution in [2.75, 3.05) is 32.5 Å². The molecule has 0 spiro atoms. The molecule has 0 atom stereocenters. The van der Waals surface area contributed by atoms with Gasteiger partial charge >= 0.3 is 6.03 Å². The highest BCUT2D eigenvalue weighted by molar-refractivity contribution is 5.88. The van der Waals surface area contributed by atoms with E-state index in [0.29, 0.717) is 12.2 Å². The first kappa shape index (κ1) is 12.4. The maximum Gasteiger partial charge on any atom is 0.319 e. The zero-order valence-corrected chi connectivity index (χ0v) is 9.73. The first-order valence-corrected chi connectivity index (χ1v) is 5.28. The third kappa shape index (κ3) is 5.31. The molecule has 5 nitrogen and oxygen atoms in total. The lowest BCUT2D eigenvalue weighted by atomic mass is 10.4. The maximum atomic E-state index is 11.4. The van der Waals surface area contributed by atoms with Gasteiger partial charge in [-0.15, -0.1) is 0 Å². The number of amides is 2. The predicted molar refractivity (Wildman–Crippen MR) is 64.4 cm³/mol. The number of hydrogen-bond donors (Lipinski definition) is 2. The summed E-state index contributed by atoms with van der Waals surface area (Å²) in [6, 6.07) is 3.39. The van der Waals surface area contributed by atoms with Crippen LogP contribution in [-0.2, 0) is 0 Å². The second kappa shape index (κ2) is 6.79. The van der Waals surface area contributed by atoms with Crippen LogP contribution in [0.15, 0.2) is 24.5 Å². The Morgan fingerprint density at radius 1 is 1.50 bits per heavy atom. The SMILES string of the molecule is CN(C)CCCNC(=O)Nc1cccnc1.